The molecule has 1 fully saturated rings. The third-order valence-corrected chi connectivity index (χ3v) is 4.80. The van der Waals surface area contributed by atoms with Gasteiger partial charge < -0.3 is 10.1 Å². The number of rotatable bonds is 5. The van der Waals surface area contributed by atoms with E-state index >= 15 is 0 Å². The molecule has 1 aliphatic carbocycles. The van der Waals surface area contributed by atoms with Crippen molar-refractivity contribution in [2.45, 2.75) is 60.2 Å². The van der Waals surface area contributed by atoms with Gasteiger partial charge in [0.2, 0.25) is 0 Å². The molecule has 0 aromatic heterocycles. The normalized spacial score (nSPS) is 20.6. The van der Waals surface area contributed by atoms with Crippen LogP contribution in [-0.2, 0) is 6.54 Å². The lowest BCUT2D eigenvalue weighted by Crippen LogP contribution is -2.21. The van der Waals surface area contributed by atoms with Crippen molar-refractivity contribution in [1.29, 1.82) is 0 Å². The number of hydrogen-bond acceptors (Lipinski definition) is 2. The highest BCUT2D eigenvalue weighted by atomic mass is 16.5. The van der Waals surface area contributed by atoms with Crippen LogP contribution >= 0.6 is 0 Å². The van der Waals surface area contributed by atoms with Crippen LogP contribution < -0.4 is 10.1 Å². The first kappa shape index (κ1) is 14.4. The van der Waals surface area contributed by atoms with Gasteiger partial charge in [-0.3, -0.25) is 0 Å². The molecule has 1 aromatic rings. The van der Waals surface area contributed by atoms with Gasteiger partial charge in [0, 0.05) is 12.6 Å². The predicted octanol–water partition coefficient (Wildman–Crippen LogP) is 4.00. The molecular weight excluding hydrogens is 234 g/mol. The molecule has 0 saturated heterocycles. The van der Waals surface area contributed by atoms with Gasteiger partial charge in [0.25, 0.3) is 0 Å². The summed E-state index contributed by atoms with van der Waals surface area (Å²) in [5.74, 6) is 0.962. The number of ether oxygens (including phenoxy) is 1. The summed E-state index contributed by atoms with van der Waals surface area (Å²) in [6.07, 6.45) is 0.226. The van der Waals surface area contributed by atoms with Gasteiger partial charge in [-0.15, -0.1) is 0 Å². The van der Waals surface area contributed by atoms with E-state index in [1.165, 1.54) is 5.56 Å². The van der Waals surface area contributed by atoms with Crippen molar-refractivity contribution >= 4 is 0 Å². The Balaban J connectivity index is 1.94. The van der Waals surface area contributed by atoms with Crippen LogP contribution in [0, 0.1) is 10.8 Å². The Morgan fingerprint density at radius 2 is 1.79 bits per heavy atom. The summed E-state index contributed by atoms with van der Waals surface area (Å²) in [7, 11) is 0. The third kappa shape index (κ3) is 2.79. The van der Waals surface area contributed by atoms with E-state index in [2.05, 4.69) is 65.1 Å². The lowest BCUT2D eigenvalue weighted by molar-refractivity contribution is 0.242. The van der Waals surface area contributed by atoms with Gasteiger partial charge in [-0.25, -0.2) is 0 Å². The fourth-order valence-electron chi connectivity index (χ4n) is 2.93. The summed E-state index contributed by atoms with van der Waals surface area (Å²) in [5.41, 5.74) is 2.06. The van der Waals surface area contributed by atoms with Crippen LogP contribution in [0.4, 0.5) is 0 Å². The molecule has 0 radical (unpaired) electrons. The smallest absolute Gasteiger partial charge is 0.120 e. The molecule has 0 unspecified atom stereocenters. The molecule has 0 spiro atoms. The van der Waals surface area contributed by atoms with Gasteiger partial charge >= 0.3 is 0 Å². The zero-order valence-electron chi connectivity index (χ0n) is 13.1. The Labute approximate surface area is 117 Å². The largest absolute Gasteiger partial charge is 0.491 e. The fourth-order valence-corrected chi connectivity index (χ4v) is 2.93. The molecule has 19 heavy (non-hydrogen) atoms. The average Bonchev–Trinajstić information content (AvgIpc) is 2.66. The molecule has 2 heteroatoms. The van der Waals surface area contributed by atoms with Crippen molar-refractivity contribution in [3.8, 4) is 5.75 Å². The number of benzene rings is 1. The molecule has 1 N–H and O–H groups in total. The monoisotopic (exact) mass is 261 g/mol. The van der Waals surface area contributed by atoms with Crippen molar-refractivity contribution in [2.75, 3.05) is 0 Å². The van der Waals surface area contributed by atoms with Crippen LogP contribution in [0.5, 0.6) is 5.75 Å². The SMILES string of the molecule is CC(C)Oc1cccc(CNC2C(C)(C)C2(C)C)c1. The van der Waals surface area contributed by atoms with Crippen LogP contribution in [0.15, 0.2) is 24.3 Å². The highest BCUT2D eigenvalue weighted by Crippen LogP contribution is 2.62. The standard InChI is InChI=1S/C17H27NO/c1-12(2)19-14-9-7-8-13(10-14)11-18-15-16(3,4)17(15,5)6/h7-10,12,15,18H,11H2,1-6H3. The van der Waals surface area contributed by atoms with Crippen molar-refractivity contribution in [2.24, 2.45) is 10.8 Å². The topological polar surface area (TPSA) is 21.3 Å². The van der Waals surface area contributed by atoms with Crippen LogP contribution in [-0.4, -0.2) is 12.1 Å². The highest BCUT2D eigenvalue weighted by molar-refractivity contribution is 5.29. The van der Waals surface area contributed by atoms with E-state index in [1.807, 2.05) is 6.07 Å². The molecule has 1 saturated carbocycles. The lowest BCUT2D eigenvalue weighted by Gasteiger charge is -2.12. The first-order chi connectivity index (χ1) is 8.75. The zero-order chi connectivity index (χ0) is 14.3. The summed E-state index contributed by atoms with van der Waals surface area (Å²) in [4.78, 5) is 0. The van der Waals surface area contributed by atoms with E-state index in [1.54, 1.807) is 0 Å². The summed E-state index contributed by atoms with van der Waals surface area (Å²) in [5, 5.41) is 3.68. The first-order valence-electron chi connectivity index (χ1n) is 7.24. The third-order valence-electron chi connectivity index (χ3n) is 4.80. The summed E-state index contributed by atoms with van der Waals surface area (Å²) in [6.45, 7) is 14.4. The molecule has 0 amide bonds. The van der Waals surface area contributed by atoms with Gasteiger partial charge in [-0.1, -0.05) is 39.8 Å². The minimum absolute atomic E-state index is 0.226. The molecular formula is C17H27NO. The summed E-state index contributed by atoms with van der Waals surface area (Å²) >= 11 is 0. The van der Waals surface area contributed by atoms with E-state index < -0.39 is 0 Å². The van der Waals surface area contributed by atoms with Crippen LogP contribution in [0.25, 0.3) is 0 Å². The van der Waals surface area contributed by atoms with Crippen LogP contribution in [0.2, 0.25) is 0 Å². The second-order valence-corrected chi connectivity index (χ2v) is 7.07. The predicted molar refractivity (Wildman–Crippen MR) is 80.4 cm³/mol. The Morgan fingerprint density at radius 3 is 2.32 bits per heavy atom. The van der Waals surface area contributed by atoms with E-state index in [0.29, 0.717) is 16.9 Å². The summed E-state index contributed by atoms with van der Waals surface area (Å²) < 4.78 is 5.73. The van der Waals surface area contributed by atoms with Gasteiger partial charge in [-0.05, 0) is 42.4 Å². The molecule has 0 bridgehead atoms. The Morgan fingerprint density at radius 1 is 1.16 bits per heavy atom. The van der Waals surface area contributed by atoms with Crippen molar-refractivity contribution in [1.82, 2.24) is 5.32 Å². The number of nitrogens with one attached hydrogen (secondary N) is 1. The van der Waals surface area contributed by atoms with Gasteiger partial charge in [-0.2, -0.15) is 0 Å². The summed E-state index contributed by atoms with van der Waals surface area (Å²) in [6, 6.07) is 8.97. The second kappa shape index (κ2) is 4.82. The first-order valence-corrected chi connectivity index (χ1v) is 7.24. The van der Waals surface area contributed by atoms with Crippen molar-refractivity contribution in [3.05, 3.63) is 29.8 Å². The molecule has 2 nitrogen and oxygen atoms in total. The zero-order valence-corrected chi connectivity index (χ0v) is 13.1. The van der Waals surface area contributed by atoms with E-state index in [-0.39, 0.29) is 6.10 Å². The quantitative estimate of drug-likeness (QED) is 0.865. The number of hydrogen-bond donors (Lipinski definition) is 1. The second-order valence-electron chi connectivity index (χ2n) is 7.07. The molecule has 2 rings (SSSR count). The van der Waals surface area contributed by atoms with Crippen molar-refractivity contribution < 1.29 is 4.74 Å². The fraction of sp³-hybridized carbons (Fsp3) is 0.647. The minimum Gasteiger partial charge on any atom is -0.491 e. The van der Waals surface area contributed by atoms with E-state index in [9.17, 15) is 0 Å². The molecule has 1 aliphatic rings. The molecule has 0 aliphatic heterocycles. The molecule has 0 heterocycles. The molecule has 1 aromatic carbocycles. The maximum Gasteiger partial charge on any atom is 0.120 e. The molecule has 0 atom stereocenters. The van der Waals surface area contributed by atoms with Gasteiger partial charge in [0.15, 0.2) is 0 Å². The maximum absolute atomic E-state index is 5.73. The van der Waals surface area contributed by atoms with E-state index in [0.717, 1.165) is 12.3 Å². The van der Waals surface area contributed by atoms with Gasteiger partial charge in [0.1, 0.15) is 5.75 Å². The van der Waals surface area contributed by atoms with Crippen LogP contribution in [0.1, 0.15) is 47.1 Å². The maximum atomic E-state index is 5.73. The van der Waals surface area contributed by atoms with Crippen LogP contribution in [0.3, 0.4) is 0 Å². The average molecular weight is 261 g/mol. The van der Waals surface area contributed by atoms with Crippen molar-refractivity contribution in [3.63, 3.8) is 0 Å². The Bertz CT molecular complexity index is 434. The Hall–Kier alpha value is -1.02. The lowest BCUT2D eigenvalue weighted by atomic mass is 10.0. The minimum atomic E-state index is 0.226. The highest BCUT2D eigenvalue weighted by Gasteiger charge is 2.64. The van der Waals surface area contributed by atoms with Gasteiger partial charge in [0.05, 0.1) is 6.10 Å². The molecule has 106 valence electrons. The van der Waals surface area contributed by atoms with E-state index in [4.69, 9.17) is 4.74 Å². The Kier molecular flexibility index (Phi) is 3.65.